The zero-order valence-corrected chi connectivity index (χ0v) is 15.0. The van der Waals surface area contributed by atoms with Gasteiger partial charge in [0.15, 0.2) is 0 Å². The van der Waals surface area contributed by atoms with Crippen LogP contribution in [0.5, 0.6) is 0 Å². The van der Waals surface area contributed by atoms with Crippen molar-refractivity contribution in [2.45, 2.75) is 30.8 Å². The minimum Gasteiger partial charge on any atom is -0.348 e. The molecule has 1 aliphatic rings. The highest BCUT2D eigenvalue weighted by Crippen LogP contribution is 2.33. The summed E-state index contributed by atoms with van der Waals surface area (Å²) in [7, 11) is -3.68. The Balaban J connectivity index is 1.98. The molecule has 0 aliphatic carbocycles. The second-order valence-electron chi connectivity index (χ2n) is 6.35. The van der Waals surface area contributed by atoms with E-state index in [0.29, 0.717) is 17.9 Å². The molecule has 140 valence electrons. The van der Waals surface area contributed by atoms with Crippen LogP contribution < -0.4 is 5.32 Å². The van der Waals surface area contributed by atoms with Crippen LogP contribution in [0, 0.1) is 5.41 Å². The van der Waals surface area contributed by atoms with E-state index in [1.54, 1.807) is 6.92 Å². The van der Waals surface area contributed by atoms with Crippen LogP contribution in [0.25, 0.3) is 0 Å². The number of nitrogens with zero attached hydrogens (tertiary/aromatic N) is 1. The molecule has 1 heterocycles. The van der Waals surface area contributed by atoms with Gasteiger partial charge in [-0.25, -0.2) is 8.42 Å². The van der Waals surface area contributed by atoms with E-state index in [-0.39, 0.29) is 24.5 Å². The number of benzene rings is 1. The molecule has 1 aromatic carbocycles. The van der Waals surface area contributed by atoms with E-state index in [2.05, 4.69) is 0 Å². The number of nitrogens with one attached hydrogen (secondary N) is 1. The quantitative estimate of drug-likeness (QED) is 0.848. The van der Waals surface area contributed by atoms with Gasteiger partial charge in [0.25, 0.3) is 0 Å². The average molecular weight is 399 g/mol. The van der Waals surface area contributed by atoms with Gasteiger partial charge in [0, 0.05) is 24.7 Å². The van der Waals surface area contributed by atoms with Crippen LogP contribution in [-0.4, -0.2) is 44.4 Å². The Morgan fingerprint density at radius 1 is 1.24 bits per heavy atom. The lowest BCUT2D eigenvalue weighted by Gasteiger charge is -2.38. The van der Waals surface area contributed by atoms with Crippen molar-refractivity contribution in [3.8, 4) is 0 Å². The molecule has 0 atom stereocenters. The van der Waals surface area contributed by atoms with E-state index in [0.717, 1.165) is 0 Å². The fourth-order valence-electron chi connectivity index (χ4n) is 2.59. The standard InChI is InChI=1S/C15H18ClF3N2O3S/c1-14(10-20-13(22)15(17,18)19)6-8-21(9-7-14)25(23,24)12-4-2-11(16)3-5-12/h2-5H,6-10H2,1H3,(H,20,22). The molecule has 0 saturated carbocycles. The van der Waals surface area contributed by atoms with Gasteiger partial charge >= 0.3 is 12.1 Å². The van der Waals surface area contributed by atoms with Gasteiger partial charge < -0.3 is 5.32 Å². The van der Waals surface area contributed by atoms with E-state index in [1.165, 1.54) is 28.6 Å². The fraction of sp³-hybridized carbons (Fsp3) is 0.533. The van der Waals surface area contributed by atoms with Gasteiger partial charge in [-0.1, -0.05) is 18.5 Å². The third-order valence-electron chi connectivity index (χ3n) is 4.31. The third-order valence-corrected chi connectivity index (χ3v) is 6.48. The Kier molecular flexibility index (Phi) is 5.70. The van der Waals surface area contributed by atoms with Gasteiger partial charge in [-0.2, -0.15) is 17.5 Å². The first kappa shape index (κ1) is 20.0. The summed E-state index contributed by atoms with van der Waals surface area (Å²) < 4.78 is 63.2. The Hall–Kier alpha value is -1.32. The van der Waals surface area contributed by atoms with Gasteiger partial charge in [-0.3, -0.25) is 4.79 Å². The van der Waals surface area contributed by atoms with Crippen LogP contribution in [0.4, 0.5) is 13.2 Å². The summed E-state index contributed by atoms with van der Waals surface area (Å²) in [5.41, 5.74) is -0.590. The molecule has 0 spiro atoms. The molecule has 1 aromatic rings. The predicted molar refractivity (Wildman–Crippen MR) is 86.6 cm³/mol. The number of hydrogen-bond donors (Lipinski definition) is 1. The number of rotatable bonds is 4. The van der Waals surface area contributed by atoms with Crippen molar-refractivity contribution < 1.29 is 26.4 Å². The van der Waals surface area contributed by atoms with E-state index in [4.69, 9.17) is 11.6 Å². The minimum atomic E-state index is -4.92. The van der Waals surface area contributed by atoms with Crippen molar-refractivity contribution in [3.63, 3.8) is 0 Å². The molecule has 1 aliphatic heterocycles. The maximum atomic E-state index is 12.6. The first-order valence-electron chi connectivity index (χ1n) is 7.55. The van der Waals surface area contributed by atoms with Crippen LogP contribution >= 0.6 is 11.6 Å². The number of alkyl halides is 3. The normalized spacial score (nSPS) is 18.8. The van der Waals surface area contributed by atoms with Crippen LogP contribution in [0.2, 0.25) is 5.02 Å². The van der Waals surface area contributed by atoms with Gasteiger partial charge in [0.2, 0.25) is 10.0 Å². The lowest BCUT2D eigenvalue weighted by molar-refractivity contribution is -0.174. The van der Waals surface area contributed by atoms with Crippen molar-refractivity contribution >= 4 is 27.5 Å². The molecule has 10 heteroatoms. The molecule has 1 saturated heterocycles. The van der Waals surface area contributed by atoms with Crippen molar-refractivity contribution in [3.05, 3.63) is 29.3 Å². The van der Waals surface area contributed by atoms with Gasteiger partial charge in [0.1, 0.15) is 0 Å². The molecule has 2 rings (SSSR count). The summed E-state index contributed by atoms with van der Waals surface area (Å²) in [6.45, 7) is 1.92. The number of amides is 1. The lowest BCUT2D eigenvalue weighted by Crippen LogP contribution is -2.48. The summed E-state index contributed by atoms with van der Waals surface area (Å²) in [4.78, 5) is 11.0. The average Bonchev–Trinajstić information content (AvgIpc) is 2.52. The first-order valence-corrected chi connectivity index (χ1v) is 9.37. The zero-order valence-electron chi connectivity index (χ0n) is 13.4. The molecule has 1 N–H and O–H groups in total. The van der Waals surface area contributed by atoms with Crippen molar-refractivity contribution in [2.24, 2.45) is 5.41 Å². The predicted octanol–water partition coefficient (Wildman–Crippen LogP) is 2.81. The smallest absolute Gasteiger partial charge is 0.348 e. The van der Waals surface area contributed by atoms with Crippen LogP contribution in [0.15, 0.2) is 29.2 Å². The van der Waals surface area contributed by atoms with Crippen molar-refractivity contribution in [1.82, 2.24) is 9.62 Å². The van der Waals surface area contributed by atoms with Crippen LogP contribution in [0.1, 0.15) is 19.8 Å². The molecule has 0 bridgehead atoms. The largest absolute Gasteiger partial charge is 0.471 e. The van der Waals surface area contributed by atoms with E-state index in [9.17, 15) is 26.4 Å². The fourth-order valence-corrected chi connectivity index (χ4v) is 4.16. The highest BCUT2D eigenvalue weighted by molar-refractivity contribution is 7.89. The number of sulfonamides is 1. The monoisotopic (exact) mass is 398 g/mol. The molecule has 0 radical (unpaired) electrons. The molecule has 1 amide bonds. The Labute approximate surface area is 149 Å². The molecule has 25 heavy (non-hydrogen) atoms. The highest BCUT2D eigenvalue weighted by atomic mass is 35.5. The molecule has 5 nitrogen and oxygen atoms in total. The molecule has 1 fully saturated rings. The highest BCUT2D eigenvalue weighted by Gasteiger charge is 2.41. The summed E-state index contributed by atoms with van der Waals surface area (Å²) >= 11 is 5.75. The lowest BCUT2D eigenvalue weighted by atomic mass is 9.81. The second-order valence-corrected chi connectivity index (χ2v) is 8.72. The summed E-state index contributed by atoms with van der Waals surface area (Å²) in [5.74, 6) is -1.98. The van der Waals surface area contributed by atoms with E-state index >= 15 is 0 Å². The number of piperidine rings is 1. The number of carbonyl (C=O) groups is 1. The Morgan fingerprint density at radius 2 is 1.76 bits per heavy atom. The zero-order chi connectivity index (χ0) is 18.9. The summed E-state index contributed by atoms with van der Waals surface area (Å²) in [6.07, 6.45) is -4.23. The van der Waals surface area contributed by atoms with Crippen molar-refractivity contribution in [1.29, 1.82) is 0 Å². The second kappa shape index (κ2) is 7.13. The summed E-state index contributed by atoms with van der Waals surface area (Å²) in [6, 6.07) is 5.79. The number of hydrogen-bond acceptors (Lipinski definition) is 3. The van der Waals surface area contributed by atoms with Crippen molar-refractivity contribution in [2.75, 3.05) is 19.6 Å². The summed E-state index contributed by atoms with van der Waals surface area (Å²) in [5, 5.41) is 2.30. The van der Waals surface area contributed by atoms with E-state index < -0.39 is 27.5 Å². The van der Waals surface area contributed by atoms with Crippen LogP contribution in [-0.2, 0) is 14.8 Å². The Morgan fingerprint density at radius 3 is 2.24 bits per heavy atom. The van der Waals surface area contributed by atoms with Gasteiger partial charge in [0.05, 0.1) is 4.90 Å². The van der Waals surface area contributed by atoms with Crippen LogP contribution in [0.3, 0.4) is 0 Å². The third kappa shape index (κ3) is 4.86. The van der Waals surface area contributed by atoms with Gasteiger partial charge in [-0.05, 0) is 42.5 Å². The topological polar surface area (TPSA) is 66.5 Å². The van der Waals surface area contributed by atoms with E-state index in [1.807, 2.05) is 5.32 Å². The first-order chi connectivity index (χ1) is 11.4. The maximum absolute atomic E-state index is 12.6. The number of halogens is 4. The minimum absolute atomic E-state index is 0.117. The molecular weight excluding hydrogens is 381 g/mol. The molecular formula is C15H18ClF3N2O3S. The van der Waals surface area contributed by atoms with Gasteiger partial charge in [-0.15, -0.1) is 0 Å². The molecule has 0 aromatic heterocycles. The SMILES string of the molecule is CC1(CNC(=O)C(F)(F)F)CCN(S(=O)(=O)c2ccc(Cl)cc2)CC1. The molecule has 0 unspecified atom stereocenters. The maximum Gasteiger partial charge on any atom is 0.471 e. The Bertz CT molecular complexity index is 727. The number of carbonyl (C=O) groups excluding carboxylic acids is 1.